The Kier molecular flexibility index (Phi) is 9.69. The molecular weight excluding hydrogens is 446 g/mol. The van der Waals surface area contributed by atoms with E-state index >= 15 is 0 Å². The normalized spacial score (nSPS) is 12.9. The highest BCUT2D eigenvalue weighted by Crippen LogP contribution is 2.22. The molecule has 178 valence electrons. The van der Waals surface area contributed by atoms with Crippen molar-refractivity contribution in [3.05, 3.63) is 59.2 Å². The lowest BCUT2D eigenvalue weighted by molar-refractivity contribution is -0.138. The van der Waals surface area contributed by atoms with Gasteiger partial charge in [0.2, 0.25) is 11.8 Å². The molecule has 0 aliphatic carbocycles. The van der Waals surface area contributed by atoms with Gasteiger partial charge in [-0.05, 0) is 54.8 Å². The average molecular weight is 476 g/mol. The number of benzene rings is 2. The Morgan fingerprint density at radius 3 is 2.33 bits per heavy atom. The minimum absolute atomic E-state index is 0. The third kappa shape index (κ3) is 8.07. The van der Waals surface area contributed by atoms with Gasteiger partial charge >= 0.3 is 5.97 Å². The van der Waals surface area contributed by atoms with Gasteiger partial charge in [0.05, 0.1) is 18.6 Å². The molecule has 0 fully saturated rings. The molecule has 0 bridgehead atoms. The number of ether oxygens (including phenoxy) is 1. The summed E-state index contributed by atoms with van der Waals surface area (Å²) < 4.78 is 5.60. The van der Waals surface area contributed by atoms with Crippen LogP contribution in [0, 0.1) is 0 Å². The molecule has 2 aromatic rings. The van der Waals surface area contributed by atoms with Gasteiger partial charge < -0.3 is 25.8 Å². The van der Waals surface area contributed by atoms with E-state index in [1.807, 2.05) is 32.0 Å². The molecule has 9 heteroatoms. The predicted molar refractivity (Wildman–Crippen MR) is 127 cm³/mol. The van der Waals surface area contributed by atoms with Crippen molar-refractivity contribution < 1.29 is 24.2 Å². The number of fused-ring (bicyclic) bond motifs is 1. The summed E-state index contributed by atoms with van der Waals surface area (Å²) in [6, 6.07) is 12.0. The van der Waals surface area contributed by atoms with E-state index in [1.54, 1.807) is 24.3 Å². The smallest absolute Gasteiger partial charge is 0.305 e. The molecule has 0 radical (unpaired) electrons. The van der Waals surface area contributed by atoms with Crippen molar-refractivity contribution in [2.24, 2.45) is 0 Å². The molecule has 2 aromatic carbocycles. The van der Waals surface area contributed by atoms with Gasteiger partial charge in [0.1, 0.15) is 5.75 Å². The van der Waals surface area contributed by atoms with Crippen molar-refractivity contribution in [3.8, 4) is 5.75 Å². The van der Waals surface area contributed by atoms with Crippen LogP contribution in [0.25, 0.3) is 0 Å². The first kappa shape index (κ1) is 26.2. The molecular formula is C24H30ClN3O5. The molecule has 33 heavy (non-hydrogen) atoms. The average Bonchev–Trinajstić information content (AvgIpc) is 3.19. The molecule has 2 amide bonds. The number of aliphatic carboxylic acids is 1. The highest BCUT2D eigenvalue weighted by atomic mass is 35.5. The SMILES string of the molecule is CC(C)Oc1ccc(C(CC(=O)O)NC(=O)CCC(=O)Nc2ccc3c(c2)CNC3)cc1.Cl. The van der Waals surface area contributed by atoms with E-state index in [0.717, 1.165) is 18.7 Å². The monoisotopic (exact) mass is 475 g/mol. The van der Waals surface area contributed by atoms with Crippen LogP contribution in [0.2, 0.25) is 0 Å². The van der Waals surface area contributed by atoms with E-state index < -0.39 is 12.0 Å². The van der Waals surface area contributed by atoms with Crippen molar-refractivity contribution in [2.75, 3.05) is 5.32 Å². The molecule has 1 atom stereocenters. The van der Waals surface area contributed by atoms with Gasteiger partial charge in [-0.2, -0.15) is 0 Å². The lowest BCUT2D eigenvalue weighted by Gasteiger charge is -2.18. The summed E-state index contributed by atoms with van der Waals surface area (Å²) in [6.07, 6.45) is -0.272. The van der Waals surface area contributed by atoms with Crippen molar-refractivity contribution in [1.29, 1.82) is 0 Å². The maximum Gasteiger partial charge on any atom is 0.305 e. The molecule has 1 aliphatic heterocycles. The second kappa shape index (κ2) is 12.2. The largest absolute Gasteiger partial charge is 0.491 e. The summed E-state index contributed by atoms with van der Waals surface area (Å²) in [5, 5.41) is 18.0. The number of carbonyl (C=O) groups is 3. The minimum Gasteiger partial charge on any atom is -0.491 e. The van der Waals surface area contributed by atoms with Crippen molar-refractivity contribution >= 4 is 35.9 Å². The first-order valence-electron chi connectivity index (χ1n) is 10.7. The summed E-state index contributed by atoms with van der Waals surface area (Å²) in [7, 11) is 0. The van der Waals surface area contributed by atoms with Crippen LogP contribution >= 0.6 is 12.4 Å². The van der Waals surface area contributed by atoms with Crippen LogP contribution in [0.5, 0.6) is 5.75 Å². The van der Waals surface area contributed by atoms with E-state index in [9.17, 15) is 19.5 Å². The van der Waals surface area contributed by atoms with Crippen molar-refractivity contribution in [3.63, 3.8) is 0 Å². The van der Waals surface area contributed by atoms with Crippen LogP contribution in [0.1, 0.15) is 55.8 Å². The summed E-state index contributed by atoms with van der Waals surface area (Å²) >= 11 is 0. The predicted octanol–water partition coefficient (Wildman–Crippen LogP) is 3.55. The first-order valence-corrected chi connectivity index (χ1v) is 10.7. The Labute approximate surface area is 199 Å². The Balaban J connectivity index is 0.00000385. The van der Waals surface area contributed by atoms with E-state index in [2.05, 4.69) is 16.0 Å². The standard InChI is InChI=1S/C24H29N3O5.ClH/c1-15(2)32-20-7-4-16(5-8-20)21(12-24(30)31)27-23(29)10-9-22(28)26-19-6-3-17-13-25-14-18(17)11-19;/h3-8,11,15,21,25H,9-10,12-14H2,1-2H3,(H,26,28)(H,27,29)(H,30,31);1H. The molecule has 0 saturated heterocycles. The number of carboxylic acids is 1. The third-order valence-electron chi connectivity index (χ3n) is 5.07. The summed E-state index contributed by atoms with van der Waals surface area (Å²) in [6.45, 7) is 5.43. The van der Waals surface area contributed by atoms with Gasteiger partial charge in [0, 0.05) is 31.6 Å². The molecule has 1 heterocycles. The first-order chi connectivity index (χ1) is 15.3. The van der Waals surface area contributed by atoms with Gasteiger partial charge in [0.25, 0.3) is 0 Å². The number of halogens is 1. The molecule has 0 aromatic heterocycles. The number of carbonyl (C=O) groups excluding carboxylic acids is 2. The Morgan fingerprint density at radius 1 is 1.00 bits per heavy atom. The number of carboxylic acid groups (broad SMARTS) is 1. The highest BCUT2D eigenvalue weighted by molar-refractivity contribution is 5.93. The van der Waals surface area contributed by atoms with Crippen LogP contribution in [0.3, 0.4) is 0 Å². The zero-order valence-corrected chi connectivity index (χ0v) is 19.5. The second-order valence-electron chi connectivity index (χ2n) is 8.09. The fraction of sp³-hybridized carbons (Fsp3) is 0.375. The zero-order chi connectivity index (χ0) is 23.1. The number of hydrogen-bond acceptors (Lipinski definition) is 5. The van der Waals surface area contributed by atoms with E-state index in [0.29, 0.717) is 17.0 Å². The topological polar surface area (TPSA) is 117 Å². The van der Waals surface area contributed by atoms with Crippen LogP contribution in [0.15, 0.2) is 42.5 Å². The quantitative estimate of drug-likeness (QED) is 0.417. The van der Waals surface area contributed by atoms with Gasteiger partial charge in [-0.3, -0.25) is 14.4 Å². The van der Waals surface area contributed by atoms with Gasteiger partial charge in [-0.15, -0.1) is 12.4 Å². The molecule has 8 nitrogen and oxygen atoms in total. The molecule has 3 rings (SSSR count). The van der Waals surface area contributed by atoms with Crippen molar-refractivity contribution in [2.45, 2.75) is 58.3 Å². The molecule has 1 unspecified atom stereocenters. The number of anilines is 1. The van der Waals surface area contributed by atoms with Crippen LogP contribution < -0.4 is 20.7 Å². The maximum absolute atomic E-state index is 12.4. The third-order valence-corrected chi connectivity index (χ3v) is 5.07. The lowest BCUT2D eigenvalue weighted by atomic mass is 10.0. The molecule has 0 saturated carbocycles. The van der Waals surface area contributed by atoms with Crippen LogP contribution in [0.4, 0.5) is 5.69 Å². The zero-order valence-electron chi connectivity index (χ0n) is 18.7. The highest BCUT2D eigenvalue weighted by Gasteiger charge is 2.19. The van der Waals surface area contributed by atoms with Crippen LogP contribution in [-0.4, -0.2) is 29.0 Å². The van der Waals surface area contributed by atoms with Crippen molar-refractivity contribution in [1.82, 2.24) is 10.6 Å². The second-order valence-corrected chi connectivity index (χ2v) is 8.09. The summed E-state index contributed by atoms with van der Waals surface area (Å²) in [5.74, 6) is -1.01. The number of amides is 2. The Hall–Kier alpha value is -3.10. The summed E-state index contributed by atoms with van der Waals surface area (Å²) in [4.78, 5) is 36.0. The van der Waals surface area contributed by atoms with Crippen LogP contribution in [-0.2, 0) is 27.5 Å². The fourth-order valence-electron chi connectivity index (χ4n) is 3.57. The van der Waals surface area contributed by atoms with Gasteiger partial charge in [-0.1, -0.05) is 18.2 Å². The molecule has 0 spiro atoms. The lowest BCUT2D eigenvalue weighted by Crippen LogP contribution is -2.30. The summed E-state index contributed by atoms with van der Waals surface area (Å²) in [5.41, 5.74) is 3.73. The molecule has 4 N–H and O–H groups in total. The number of nitrogens with one attached hydrogen (secondary N) is 3. The molecule has 1 aliphatic rings. The minimum atomic E-state index is -1.03. The van der Waals surface area contributed by atoms with Gasteiger partial charge in [0.15, 0.2) is 0 Å². The Bertz CT molecular complexity index is 979. The number of hydrogen-bond donors (Lipinski definition) is 4. The van der Waals surface area contributed by atoms with E-state index in [-0.39, 0.29) is 49.6 Å². The Morgan fingerprint density at radius 2 is 1.67 bits per heavy atom. The van der Waals surface area contributed by atoms with E-state index in [4.69, 9.17) is 4.74 Å². The maximum atomic E-state index is 12.4. The number of rotatable bonds is 10. The van der Waals surface area contributed by atoms with E-state index in [1.165, 1.54) is 5.56 Å². The fourth-order valence-corrected chi connectivity index (χ4v) is 3.57. The van der Waals surface area contributed by atoms with Gasteiger partial charge in [-0.25, -0.2) is 0 Å².